The van der Waals surface area contributed by atoms with Crippen LogP contribution in [0.15, 0.2) is 24.3 Å². The highest BCUT2D eigenvalue weighted by molar-refractivity contribution is 5.75. The number of amides is 1. The Balaban J connectivity index is 2.64. The monoisotopic (exact) mass is 239 g/mol. The van der Waals surface area contributed by atoms with Crippen LogP contribution in [0.2, 0.25) is 0 Å². The minimum absolute atomic E-state index is 0.119. The number of primary amides is 1. The van der Waals surface area contributed by atoms with Gasteiger partial charge in [0.15, 0.2) is 0 Å². The van der Waals surface area contributed by atoms with E-state index < -0.39 is 12.6 Å². The smallest absolute Gasteiger partial charge is 0.231 e. The van der Waals surface area contributed by atoms with Crippen LogP contribution in [0.4, 0.5) is 10.1 Å². The Morgan fingerprint density at radius 1 is 1.35 bits per heavy atom. The number of rotatable bonds is 7. The maximum absolute atomic E-state index is 12.1. The van der Waals surface area contributed by atoms with E-state index in [2.05, 4.69) is 0 Å². The summed E-state index contributed by atoms with van der Waals surface area (Å²) in [5.41, 5.74) is 12.6. The molecule has 17 heavy (non-hydrogen) atoms. The molecule has 5 heteroatoms. The van der Waals surface area contributed by atoms with E-state index in [1.165, 1.54) is 0 Å². The van der Waals surface area contributed by atoms with Gasteiger partial charge in [0.05, 0.1) is 13.2 Å². The number of carbonyl (C=O) groups is 1. The molecule has 0 fully saturated rings. The molecule has 1 rings (SSSR count). The number of hydrogen-bond acceptors (Lipinski definition) is 3. The van der Waals surface area contributed by atoms with Crippen molar-refractivity contribution in [3.05, 3.63) is 29.8 Å². The SMILES string of the molecule is NC(=O)CN(CCCF)Cc1ccccc1N. The van der Waals surface area contributed by atoms with Crippen LogP contribution in [0, 0.1) is 0 Å². The lowest BCUT2D eigenvalue weighted by molar-refractivity contribution is -0.119. The van der Waals surface area contributed by atoms with Gasteiger partial charge in [-0.05, 0) is 18.1 Å². The molecule has 4 N–H and O–H groups in total. The number of para-hydroxylation sites is 1. The van der Waals surface area contributed by atoms with Crippen LogP contribution in [-0.2, 0) is 11.3 Å². The Kier molecular flexibility index (Phi) is 5.42. The summed E-state index contributed by atoms with van der Waals surface area (Å²) in [4.78, 5) is 12.7. The normalized spacial score (nSPS) is 10.7. The quantitative estimate of drug-likeness (QED) is 0.695. The highest BCUT2D eigenvalue weighted by Gasteiger charge is 2.10. The minimum atomic E-state index is -0.418. The number of hydrogen-bond donors (Lipinski definition) is 2. The maximum Gasteiger partial charge on any atom is 0.231 e. The van der Waals surface area contributed by atoms with E-state index >= 15 is 0 Å². The summed E-state index contributed by atoms with van der Waals surface area (Å²) in [7, 11) is 0. The molecule has 94 valence electrons. The second-order valence-corrected chi connectivity index (χ2v) is 3.92. The molecule has 0 aliphatic heterocycles. The van der Waals surface area contributed by atoms with Gasteiger partial charge < -0.3 is 11.5 Å². The van der Waals surface area contributed by atoms with Crippen molar-refractivity contribution in [2.24, 2.45) is 5.73 Å². The summed E-state index contributed by atoms with van der Waals surface area (Å²) in [5, 5.41) is 0. The van der Waals surface area contributed by atoms with E-state index in [-0.39, 0.29) is 6.54 Å². The Hall–Kier alpha value is -1.62. The number of nitrogens with two attached hydrogens (primary N) is 2. The van der Waals surface area contributed by atoms with E-state index in [9.17, 15) is 9.18 Å². The fourth-order valence-electron chi connectivity index (χ4n) is 1.64. The van der Waals surface area contributed by atoms with Crippen molar-refractivity contribution in [1.82, 2.24) is 4.90 Å². The van der Waals surface area contributed by atoms with Crippen LogP contribution in [0.1, 0.15) is 12.0 Å². The van der Waals surface area contributed by atoms with Gasteiger partial charge in [0.1, 0.15) is 0 Å². The topological polar surface area (TPSA) is 72.4 Å². The van der Waals surface area contributed by atoms with Crippen LogP contribution in [0.3, 0.4) is 0 Å². The van der Waals surface area contributed by atoms with E-state index in [4.69, 9.17) is 11.5 Å². The van der Waals surface area contributed by atoms with Gasteiger partial charge in [-0.2, -0.15) is 0 Å². The Morgan fingerprint density at radius 3 is 2.65 bits per heavy atom. The number of nitrogen functional groups attached to an aromatic ring is 1. The van der Waals surface area contributed by atoms with Crippen molar-refractivity contribution < 1.29 is 9.18 Å². The third kappa shape index (κ3) is 4.82. The standard InChI is InChI=1S/C12H18FN3O/c13-6-3-7-16(9-12(15)17)8-10-4-1-2-5-11(10)14/h1-2,4-5H,3,6-9,14H2,(H2,15,17). The second-order valence-electron chi connectivity index (χ2n) is 3.92. The minimum Gasteiger partial charge on any atom is -0.398 e. The molecule has 0 saturated heterocycles. The molecule has 1 aromatic rings. The van der Waals surface area contributed by atoms with Crippen molar-refractivity contribution in [2.75, 3.05) is 25.5 Å². The number of alkyl halides is 1. The van der Waals surface area contributed by atoms with Crippen LogP contribution in [0.25, 0.3) is 0 Å². The first-order chi connectivity index (χ1) is 8.13. The summed E-state index contributed by atoms with van der Waals surface area (Å²) >= 11 is 0. The predicted octanol–water partition coefficient (Wildman–Crippen LogP) is 0.916. The Morgan fingerprint density at radius 2 is 2.06 bits per heavy atom. The van der Waals surface area contributed by atoms with Crippen molar-refractivity contribution in [2.45, 2.75) is 13.0 Å². The van der Waals surface area contributed by atoms with Crippen molar-refractivity contribution in [1.29, 1.82) is 0 Å². The van der Waals surface area contributed by atoms with Crippen LogP contribution < -0.4 is 11.5 Å². The third-order valence-electron chi connectivity index (χ3n) is 2.44. The summed E-state index contributed by atoms with van der Waals surface area (Å²) in [5.74, 6) is -0.418. The van der Waals surface area contributed by atoms with Gasteiger partial charge in [-0.25, -0.2) is 0 Å². The number of benzene rings is 1. The first kappa shape index (κ1) is 13.4. The van der Waals surface area contributed by atoms with E-state index in [1.54, 1.807) is 11.0 Å². The molecule has 1 aromatic carbocycles. The summed E-state index contributed by atoms with van der Waals surface area (Å²) in [6, 6.07) is 7.41. The molecule has 0 heterocycles. The van der Waals surface area contributed by atoms with Crippen LogP contribution in [0.5, 0.6) is 0 Å². The molecular weight excluding hydrogens is 221 g/mol. The Bertz CT molecular complexity index is 371. The molecular formula is C12H18FN3O. The number of anilines is 1. The van der Waals surface area contributed by atoms with Gasteiger partial charge in [0.2, 0.25) is 5.91 Å². The van der Waals surface area contributed by atoms with E-state index in [0.29, 0.717) is 25.2 Å². The molecule has 0 bridgehead atoms. The lowest BCUT2D eigenvalue weighted by atomic mass is 10.1. The van der Waals surface area contributed by atoms with Crippen molar-refractivity contribution in [3.8, 4) is 0 Å². The average Bonchev–Trinajstić information content (AvgIpc) is 2.28. The molecule has 4 nitrogen and oxygen atoms in total. The van der Waals surface area contributed by atoms with E-state index in [0.717, 1.165) is 5.56 Å². The number of halogens is 1. The van der Waals surface area contributed by atoms with Crippen molar-refractivity contribution >= 4 is 11.6 Å². The largest absolute Gasteiger partial charge is 0.398 e. The molecule has 0 saturated carbocycles. The number of nitrogens with zero attached hydrogens (tertiary/aromatic N) is 1. The lowest BCUT2D eigenvalue weighted by Crippen LogP contribution is -2.34. The molecule has 1 amide bonds. The summed E-state index contributed by atoms with van der Waals surface area (Å²) < 4.78 is 12.1. The Labute approximate surface area is 100 Å². The molecule has 0 aliphatic carbocycles. The molecule has 0 spiro atoms. The first-order valence-corrected chi connectivity index (χ1v) is 5.53. The highest BCUT2D eigenvalue weighted by atomic mass is 19.1. The molecule has 0 unspecified atom stereocenters. The fourth-order valence-corrected chi connectivity index (χ4v) is 1.64. The molecule has 0 aromatic heterocycles. The van der Waals surface area contributed by atoms with Gasteiger partial charge in [-0.15, -0.1) is 0 Å². The lowest BCUT2D eigenvalue weighted by Gasteiger charge is -2.20. The van der Waals surface area contributed by atoms with Crippen molar-refractivity contribution in [3.63, 3.8) is 0 Å². The van der Waals surface area contributed by atoms with Gasteiger partial charge in [-0.3, -0.25) is 14.1 Å². The molecule has 0 radical (unpaired) electrons. The van der Waals surface area contributed by atoms with Gasteiger partial charge in [0, 0.05) is 18.8 Å². The van der Waals surface area contributed by atoms with Gasteiger partial charge in [0.25, 0.3) is 0 Å². The van der Waals surface area contributed by atoms with Gasteiger partial charge in [-0.1, -0.05) is 18.2 Å². The fraction of sp³-hybridized carbons (Fsp3) is 0.417. The van der Waals surface area contributed by atoms with E-state index in [1.807, 2.05) is 18.2 Å². The van der Waals surface area contributed by atoms with Crippen LogP contribution >= 0.6 is 0 Å². The zero-order chi connectivity index (χ0) is 12.7. The first-order valence-electron chi connectivity index (χ1n) is 5.53. The zero-order valence-corrected chi connectivity index (χ0v) is 9.73. The zero-order valence-electron chi connectivity index (χ0n) is 9.73. The third-order valence-corrected chi connectivity index (χ3v) is 2.44. The summed E-state index contributed by atoms with van der Waals surface area (Å²) in [6.07, 6.45) is 0.389. The average molecular weight is 239 g/mol. The predicted molar refractivity (Wildman–Crippen MR) is 65.9 cm³/mol. The molecule has 0 atom stereocenters. The maximum atomic E-state index is 12.1. The second kappa shape index (κ2) is 6.85. The molecule has 0 aliphatic rings. The number of carbonyl (C=O) groups excluding carboxylic acids is 1. The van der Waals surface area contributed by atoms with Crippen LogP contribution in [-0.4, -0.2) is 30.6 Å². The van der Waals surface area contributed by atoms with Gasteiger partial charge >= 0.3 is 0 Å². The highest BCUT2D eigenvalue weighted by Crippen LogP contribution is 2.13. The summed E-state index contributed by atoms with van der Waals surface area (Å²) in [6.45, 7) is 0.719.